The quantitative estimate of drug-likeness (QED) is 0.839. The Balaban J connectivity index is 1.88. The molecule has 1 aromatic heterocycles. The highest BCUT2D eigenvalue weighted by atomic mass is 19.4. The first-order chi connectivity index (χ1) is 10.8. The molecule has 1 heterocycles. The zero-order valence-electron chi connectivity index (χ0n) is 12.5. The summed E-state index contributed by atoms with van der Waals surface area (Å²) in [5.74, 6) is -0.510. The number of carbonyl (C=O) groups is 1. The zero-order valence-corrected chi connectivity index (χ0v) is 12.5. The minimum absolute atomic E-state index is 0.00402. The van der Waals surface area contributed by atoms with Crippen LogP contribution < -0.4 is 10.1 Å². The molecule has 5 nitrogen and oxygen atoms in total. The van der Waals surface area contributed by atoms with Crippen LogP contribution in [0.25, 0.3) is 0 Å². The number of ether oxygens (including phenoxy) is 1. The summed E-state index contributed by atoms with van der Waals surface area (Å²) in [6, 6.07) is 3.08. The molecule has 1 aliphatic rings. The van der Waals surface area contributed by atoms with Gasteiger partial charge in [-0.25, -0.2) is 4.98 Å². The highest BCUT2D eigenvalue weighted by molar-refractivity contribution is 5.77. The molecule has 128 valence electrons. The second-order valence-corrected chi connectivity index (χ2v) is 5.76. The van der Waals surface area contributed by atoms with Gasteiger partial charge in [0.25, 0.3) is 0 Å². The summed E-state index contributed by atoms with van der Waals surface area (Å²) in [5, 5.41) is 12.8. The molecule has 0 saturated heterocycles. The van der Waals surface area contributed by atoms with Gasteiger partial charge in [0.05, 0.1) is 12.0 Å². The molecule has 0 atom stereocenters. The standard InChI is InChI=1S/C15H19F3N2O3/c16-15(17,18)10-23-13-11(4-3-7-19-13)9-20-12(21)8-14(22)5-1-2-6-14/h3-4,7,22H,1-2,5-6,8-10H2,(H,20,21). The Hall–Kier alpha value is -1.83. The van der Waals surface area contributed by atoms with E-state index in [2.05, 4.69) is 15.0 Å². The first-order valence-corrected chi connectivity index (χ1v) is 7.40. The highest BCUT2D eigenvalue weighted by Crippen LogP contribution is 2.32. The predicted molar refractivity (Wildman–Crippen MR) is 75.7 cm³/mol. The average Bonchev–Trinajstić information content (AvgIpc) is 2.89. The minimum Gasteiger partial charge on any atom is -0.468 e. The smallest absolute Gasteiger partial charge is 0.422 e. The summed E-state index contributed by atoms with van der Waals surface area (Å²) in [4.78, 5) is 15.6. The minimum atomic E-state index is -4.45. The molecule has 0 bridgehead atoms. The van der Waals surface area contributed by atoms with Crippen LogP contribution in [0.2, 0.25) is 0 Å². The van der Waals surface area contributed by atoms with E-state index in [1.807, 2.05) is 0 Å². The Kier molecular flexibility index (Phi) is 5.46. The second-order valence-electron chi connectivity index (χ2n) is 5.76. The molecule has 2 N–H and O–H groups in total. The van der Waals surface area contributed by atoms with E-state index >= 15 is 0 Å². The van der Waals surface area contributed by atoms with Crippen molar-refractivity contribution in [1.29, 1.82) is 0 Å². The number of carbonyl (C=O) groups excluding carboxylic acids is 1. The van der Waals surface area contributed by atoms with E-state index < -0.39 is 18.4 Å². The summed E-state index contributed by atoms with van der Waals surface area (Å²) >= 11 is 0. The van der Waals surface area contributed by atoms with Crippen LogP contribution >= 0.6 is 0 Å². The van der Waals surface area contributed by atoms with Crippen molar-refractivity contribution in [2.75, 3.05) is 6.61 Å². The molecule has 1 saturated carbocycles. The molecule has 0 aromatic carbocycles. The molecule has 0 spiro atoms. The number of nitrogens with one attached hydrogen (secondary N) is 1. The molecular weight excluding hydrogens is 313 g/mol. The van der Waals surface area contributed by atoms with Gasteiger partial charge in [0.15, 0.2) is 6.61 Å². The van der Waals surface area contributed by atoms with Gasteiger partial charge in [0, 0.05) is 18.3 Å². The lowest BCUT2D eigenvalue weighted by molar-refractivity contribution is -0.154. The maximum absolute atomic E-state index is 12.2. The number of amides is 1. The van der Waals surface area contributed by atoms with Crippen molar-refractivity contribution in [2.45, 2.75) is 50.4 Å². The summed E-state index contributed by atoms with van der Waals surface area (Å²) in [6.45, 7) is -1.44. The van der Waals surface area contributed by atoms with Crippen molar-refractivity contribution in [2.24, 2.45) is 0 Å². The molecule has 8 heteroatoms. The maximum Gasteiger partial charge on any atom is 0.422 e. The molecule has 1 fully saturated rings. The number of aromatic nitrogens is 1. The van der Waals surface area contributed by atoms with Crippen LogP contribution in [-0.2, 0) is 11.3 Å². The van der Waals surface area contributed by atoms with Crippen molar-refractivity contribution in [3.05, 3.63) is 23.9 Å². The Morgan fingerprint density at radius 3 is 2.74 bits per heavy atom. The molecule has 0 unspecified atom stereocenters. The van der Waals surface area contributed by atoms with Crippen LogP contribution in [0, 0.1) is 0 Å². The summed E-state index contributed by atoms with van der Waals surface area (Å²) < 4.78 is 41.3. The predicted octanol–water partition coefficient (Wildman–Crippen LogP) is 2.33. The van der Waals surface area contributed by atoms with E-state index in [9.17, 15) is 23.1 Å². The Bertz CT molecular complexity index is 543. The zero-order chi connectivity index (χ0) is 16.9. The van der Waals surface area contributed by atoms with Gasteiger partial charge in [0.2, 0.25) is 11.8 Å². The molecule has 23 heavy (non-hydrogen) atoms. The molecule has 2 rings (SSSR count). The van der Waals surface area contributed by atoms with Crippen LogP contribution in [0.4, 0.5) is 13.2 Å². The number of halogens is 3. The number of hydrogen-bond donors (Lipinski definition) is 2. The Morgan fingerprint density at radius 1 is 1.39 bits per heavy atom. The Labute approximate surface area is 131 Å². The largest absolute Gasteiger partial charge is 0.468 e. The first kappa shape index (κ1) is 17.5. The van der Waals surface area contributed by atoms with Gasteiger partial charge in [-0.05, 0) is 18.9 Å². The summed E-state index contributed by atoms with van der Waals surface area (Å²) in [5.41, 5.74) is -0.613. The van der Waals surface area contributed by atoms with E-state index in [4.69, 9.17) is 0 Å². The lowest BCUT2D eigenvalue weighted by atomic mass is 9.98. The monoisotopic (exact) mass is 332 g/mol. The fourth-order valence-corrected chi connectivity index (χ4v) is 2.60. The average molecular weight is 332 g/mol. The molecule has 1 aromatic rings. The van der Waals surface area contributed by atoms with Gasteiger partial charge >= 0.3 is 6.18 Å². The fraction of sp³-hybridized carbons (Fsp3) is 0.600. The number of hydrogen-bond acceptors (Lipinski definition) is 4. The number of aliphatic hydroxyl groups is 1. The molecule has 1 aliphatic carbocycles. The van der Waals surface area contributed by atoms with Gasteiger partial charge in [-0.1, -0.05) is 18.9 Å². The van der Waals surface area contributed by atoms with Crippen LogP contribution in [0.1, 0.15) is 37.7 Å². The maximum atomic E-state index is 12.2. The molecular formula is C15H19F3N2O3. The van der Waals surface area contributed by atoms with Crippen LogP contribution in [0.5, 0.6) is 5.88 Å². The van der Waals surface area contributed by atoms with Crippen LogP contribution in [-0.4, -0.2) is 34.4 Å². The number of rotatable bonds is 6. The van der Waals surface area contributed by atoms with Gasteiger partial charge < -0.3 is 15.2 Å². The molecule has 1 amide bonds. The normalized spacial score (nSPS) is 17.0. The van der Waals surface area contributed by atoms with Crippen LogP contribution in [0.3, 0.4) is 0 Å². The van der Waals surface area contributed by atoms with E-state index in [1.165, 1.54) is 12.3 Å². The summed E-state index contributed by atoms with van der Waals surface area (Å²) in [7, 11) is 0. The van der Waals surface area contributed by atoms with Crippen LogP contribution in [0.15, 0.2) is 18.3 Å². The van der Waals surface area contributed by atoms with Gasteiger partial charge in [-0.3, -0.25) is 4.79 Å². The third kappa shape index (κ3) is 5.70. The topological polar surface area (TPSA) is 71.5 Å². The van der Waals surface area contributed by atoms with Crippen molar-refractivity contribution >= 4 is 5.91 Å². The lowest BCUT2D eigenvalue weighted by Gasteiger charge is -2.21. The number of alkyl halides is 3. The fourth-order valence-electron chi connectivity index (χ4n) is 2.60. The lowest BCUT2D eigenvalue weighted by Crippen LogP contribution is -2.34. The van der Waals surface area contributed by atoms with Gasteiger partial charge in [0.1, 0.15) is 0 Å². The number of pyridine rings is 1. The third-order valence-corrected chi connectivity index (χ3v) is 3.72. The van der Waals surface area contributed by atoms with Gasteiger partial charge in [-0.2, -0.15) is 13.2 Å². The van der Waals surface area contributed by atoms with E-state index in [-0.39, 0.29) is 24.8 Å². The van der Waals surface area contributed by atoms with E-state index in [0.717, 1.165) is 12.8 Å². The van der Waals surface area contributed by atoms with Crippen molar-refractivity contribution in [1.82, 2.24) is 10.3 Å². The van der Waals surface area contributed by atoms with Crippen molar-refractivity contribution < 1.29 is 27.8 Å². The first-order valence-electron chi connectivity index (χ1n) is 7.40. The van der Waals surface area contributed by atoms with E-state index in [1.54, 1.807) is 6.07 Å². The third-order valence-electron chi connectivity index (χ3n) is 3.72. The second kappa shape index (κ2) is 7.16. The van der Waals surface area contributed by atoms with E-state index in [0.29, 0.717) is 18.4 Å². The summed E-state index contributed by atoms with van der Waals surface area (Å²) in [6.07, 6.45) is -0.182. The highest BCUT2D eigenvalue weighted by Gasteiger charge is 2.33. The van der Waals surface area contributed by atoms with Gasteiger partial charge in [-0.15, -0.1) is 0 Å². The SMILES string of the molecule is O=C(CC1(O)CCCC1)NCc1cccnc1OCC(F)(F)F. The van der Waals surface area contributed by atoms with Crippen molar-refractivity contribution in [3.63, 3.8) is 0 Å². The Morgan fingerprint density at radius 2 is 2.09 bits per heavy atom. The molecule has 0 radical (unpaired) electrons. The van der Waals surface area contributed by atoms with Crippen molar-refractivity contribution in [3.8, 4) is 5.88 Å². The molecule has 0 aliphatic heterocycles. The number of nitrogens with zero attached hydrogens (tertiary/aromatic N) is 1.